The van der Waals surface area contributed by atoms with Crippen molar-refractivity contribution in [3.63, 3.8) is 0 Å². The maximum atomic E-state index is 5.27. The van der Waals surface area contributed by atoms with Crippen molar-refractivity contribution in [1.29, 1.82) is 0 Å². The summed E-state index contributed by atoms with van der Waals surface area (Å²) in [7, 11) is 1.72. The minimum absolute atomic E-state index is 0.561. The molecule has 0 saturated carbocycles. The molecule has 1 N–H and O–H groups in total. The van der Waals surface area contributed by atoms with E-state index in [-0.39, 0.29) is 0 Å². The van der Waals surface area contributed by atoms with E-state index in [1.54, 1.807) is 7.11 Å². The van der Waals surface area contributed by atoms with Crippen molar-refractivity contribution in [2.24, 2.45) is 11.8 Å². The van der Waals surface area contributed by atoms with Crippen LogP contribution in [0.15, 0.2) is 18.2 Å². The molecule has 0 radical (unpaired) electrons. The van der Waals surface area contributed by atoms with Gasteiger partial charge in [0.05, 0.1) is 7.11 Å². The van der Waals surface area contributed by atoms with E-state index < -0.39 is 0 Å². The van der Waals surface area contributed by atoms with Crippen molar-refractivity contribution < 1.29 is 4.74 Å². The molecule has 1 aromatic carbocycles. The van der Waals surface area contributed by atoms with Crippen LogP contribution in [0.3, 0.4) is 0 Å². The van der Waals surface area contributed by atoms with Crippen LogP contribution in [-0.2, 0) is 0 Å². The highest BCUT2D eigenvalue weighted by atomic mass is 16.5. The molecule has 0 amide bonds. The van der Waals surface area contributed by atoms with Gasteiger partial charge in [0.2, 0.25) is 0 Å². The first-order valence-electron chi connectivity index (χ1n) is 7.31. The number of ether oxygens (including phenoxy) is 1. The van der Waals surface area contributed by atoms with Crippen molar-refractivity contribution in [3.8, 4) is 5.75 Å². The number of nitrogens with one attached hydrogen (secondary N) is 1. The minimum atomic E-state index is 0.561. The molecule has 0 aromatic heterocycles. The van der Waals surface area contributed by atoms with Crippen LogP contribution < -0.4 is 10.1 Å². The zero-order valence-corrected chi connectivity index (χ0v) is 13.3. The summed E-state index contributed by atoms with van der Waals surface area (Å²) in [4.78, 5) is 0. The fourth-order valence-corrected chi connectivity index (χ4v) is 2.37. The second-order valence-corrected chi connectivity index (χ2v) is 6.04. The van der Waals surface area contributed by atoms with E-state index in [4.69, 9.17) is 4.74 Å². The Morgan fingerprint density at radius 3 is 2.32 bits per heavy atom. The monoisotopic (exact) mass is 263 g/mol. The fraction of sp³-hybridized carbons (Fsp3) is 0.647. The van der Waals surface area contributed by atoms with Crippen LogP contribution in [0.25, 0.3) is 0 Å². The first-order chi connectivity index (χ1) is 8.95. The molecule has 2 atom stereocenters. The van der Waals surface area contributed by atoms with Crippen LogP contribution in [0.5, 0.6) is 5.75 Å². The number of hydrogen-bond donors (Lipinski definition) is 1. The van der Waals surface area contributed by atoms with Gasteiger partial charge in [-0.25, -0.2) is 0 Å². The standard InChI is InChI=1S/C17H29NO/c1-12(2)10-18-11-14(4)15(5)17-8-7-16(19-6)9-13(17)3/h7-9,12,14-15,18H,10-11H2,1-6H3. The van der Waals surface area contributed by atoms with Crippen LogP contribution in [0.1, 0.15) is 44.7 Å². The summed E-state index contributed by atoms with van der Waals surface area (Å²) in [6.45, 7) is 13.5. The zero-order valence-electron chi connectivity index (χ0n) is 13.3. The molecule has 0 aliphatic rings. The molecule has 1 rings (SSSR count). The maximum absolute atomic E-state index is 5.27. The lowest BCUT2D eigenvalue weighted by atomic mass is 9.86. The van der Waals surface area contributed by atoms with E-state index in [0.717, 1.165) is 18.8 Å². The molecule has 2 nitrogen and oxygen atoms in total. The van der Waals surface area contributed by atoms with Gasteiger partial charge in [0, 0.05) is 0 Å². The topological polar surface area (TPSA) is 21.3 Å². The molecule has 108 valence electrons. The van der Waals surface area contributed by atoms with Crippen LogP contribution in [-0.4, -0.2) is 20.2 Å². The first kappa shape index (κ1) is 16.0. The summed E-state index contributed by atoms with van der Waals surface area (Å²) in [6.07, 6.45) is 0. The predicted molar refractivity (Wildman–Crippen MR) is 83.0 cm³/mol. The number of benzene rings is 1. The summed E-state index contributed by atoms with van der Waals surface area (Å²) in [5.41, 5.74) is 2.75. The molecular formula is C17H29NO. The molecule has 0 saturated heterocycles. The molecule has 0 aliphatic heterocycles. The van der Waals surface area contributed by atoms with E-state index in [9.17, 15) is 0 Å². The average Bonchev–Trinajstić information content (AvgIpc) is 2.37. The van der Waals surface area contributed by atoms with E-state index in [0.29, 0.717) is 17.8 Å². The van der Waals surface area contributed by atoms with E-state index in [1.165, 1.54) is 11.1 Å². The van der Waals surface area contributed by atoms with Crippen molar-refractivity contribution >= 4 is 0 Å². The van der Waals surface area contributed by atoms with Gasteiger partial charge >= 0.3 is 0 Å². The van der Waals surface area contributed by atoms with Crippen molar-refractivity contribution in [2.45, 2.75) is 40.5 Å². The third-order valence-electron chi connectivity index (χ3n) is 3.84. The SMILES string of the molecule is COc1ccc(C(C)C(C)CNCC(C)C)c(C)c1. The summed E-state index contributed by atoms with van der Waals surface area (Å²) in [6, 6.07) is 6.39. The second kappa shape index (κ2) is 7.54. The Kier molecular flexibility index (Phi) is 6.36. The van der Waals surface area contributed by atoms with E-state index in [2.05, 4.69) is 58.1 Å². The molecule has 0 fully saturated rings. The maximum Gasteiger partial charge on any atom is 0.119 e. The smallest absolute Gasteiger partial charge is 0.119 e. The van der Waals surface area contributed by atoms with E-state index >= 15 is 0 Å². The lowest BCUT2D eigenvalue weighted by molar-refractivity contribution is 0.411. The third-order valence-corrected chi connectivity index (χ3v) is 3.84. The molecule has 19 heavy (non-hydrogen) atoms. The van der Waals surface area contributed by atoms with E-state index in [1.807, 2.05) is 0 Å². The Bertz CT molecular complexity index is 387. The van der Waals surface area contributed by atoms with Gasteiger partial charge in [-0.15, -0.1) is 0 Å². The molecular weight excluding hydrogens is 234 g/mol. The largest absolute Gasteiger partial charge is 0.497 e. The Morgan fingerprint density at radius 1 is 1.11 bits per heavy atom. The summed E-state index contributed by atoms with van der Waals surface area (Å²) < 4.78 is 5.27. The molecule has 2 heteroatoms. The third kappa shape index (κ3) is 4.87. The van der Waals surface area contributed by atoms with Crippen LogP contribution in [0, 0.1) is 18.8 Å². The van der Waals surface area contributed by atoms with Gasteiger partial charge < -0.3 is 10.1 Å². The van der Waals surface area contributed by atoms with Crippen LogP contribution >= 0.6 is 0 Å². The highest BCUT2D eigenvalue weighted by molar-refractivity contribution is 5.36. The summed E-state index contributed by atoms with van der Waals surface area (Å²) in [5, 5.41) is 3.55. The second-order valence-electron chi connectivity index (χ2n) is 6.04. The lowest BCUT2D eigenvalue weighted by Gasteiger charge is -2.23. The number of methoxy groups -OCH3 is 1. The van der Waals surface area contributed by atoms with Gasteiger partial charge in [0.15, 0.2) is 0 Å². The normalized spacial score (nSPS) is 14.5. The van der Waals surface area contributed by atoms with Gasteiger partial charge in [-0.3, -0.25) is 0 Å². The van der Waals surface area contributed by atoms with Crippen molar-refractivity contribution in [2.75, 3.05) is 20.2 Å². The summed E-state index contributed by atoms with van der Waals surface area (Å²) in [5.74, 6) is 2.85. The number of aryl methyl sites for hydroxylation is 1. The Labute approximate surface area is 118 Å². The van der Waals surface area contributed by atoms with Crippen molar-refractivity contribution in [1.82, 2.24) is 5.32 Å². The molecule has 0 bridgehead atoms. The molecule has 2 unspecified atom stereocenters. The Morgan fingerprint density at radius 2 is 1.79 bits per heavy atom. The molecule has 1 aromatic rings. The lowest BCUT2D eigenvalue weighted by Crippen LogP contribution is -2.27. The predicted octanol–water partition coefficient (Wildman–Crippen LogP) is 3.99. The fourth-order valence-electron chi connectivity index (χ4n) is 2.37. The Balaban J connectivity index is 2.63. The quantitative estimate of drug-likeness (QED) is 0.803. The summed E-state index contributed by atoms with van der Waals surface area (Å²) >= 11 is 0. The van der Waals surface area contributed by atoms with Gasteiger partial charge in [-0.1, -0.05) is 33.8 Å². The van der Waals surface area contributed by atoms with Gasteiger partial charge in [-0.05, 0) is 61.0 Å². The highest BCUT2D eigenvalue weighted by Gasteiger charge is 2.16. The van der Waals surface area contributed by atoms with Crippen LogP contribution in [0.4, 0.5) is 0 Å². The average molecular weight is 263 g/mol. The number of rotatable bonds is 7. The van der Waals surface area contributed by atoms with Crippen molar-refractivity contribution in [3.05, 3.63) is 29.3 Å². The number of hydrogen-bond acceptors (Lipinski definition) is 2. The molecule has 0 heterocycles. The van der Waals surface area contributed by atoms with Gasteiger partial charge in [0.1, 0.15) is 5.75 Å². The van der Waals surface area contributed by atoms with Crippen LogP contribution in [0.2, 0.25) is 0 Å². The van der Waals surface area contributed by atoms with Gasteiger partial charge in [0.25, 0.3) is 0 Å². The highest BCUT2D eigenvalue weighted by Crippen LogP contribution is 2.28. The van der Waals surface area contributed by atoms with Gasteiger partial charge in [-0.2, -0.15) is 0 Å². The zero-order chi connectivity index (χ0) is 14.4. The molecule has 0 spiro atoms. The molecule has 0 aliphatic carbocycles. The first-order valence-corrected chi connectivity index (χ1v) is 7.31. The minimum Gasteiger partial charge on any atom is -0.497 e. The Hall–Kier alpha value is -1.02.